The highest BCUT2D eigenvalue weighted by molar-refractivity contribution is 5.78. The van der Waals surface area contributed by atoms with E-state index in [4.69, 9.17) is 0 Å². The number of amides is 1. The molecule has 0 aromatic rings. The van der Waals surface area contributed by atoms with E-state index >= 15 is 0 Å². The van der Waals surface area contributed by atoms with E-state index < -0.39 is 0 Å². The number of likely N-dealkylation sites (tertiary alicyclic amines) is 1. The average molecular weight is 240 g/mol. The Morgan fingerprint density at radius 3 is 2.41 bits per heavy atom. The highest BCUT2D eigenvalue weighted by atomic mass is 16.2. The Labute approximate surface area is 106 Å². The largest absolute Gasteiger partial charge is 0.341 e. The summed E-state index contributed by atoms with van der Waals surface area (Å²) in [6, 6.07) is 1.04. The fourth-order valence-electron chi connectivity index (χ4n) is 2.69. The van der Waals surface area contributed by atoms with Crippen LogP contribution >= 0.6 is 0 Å². The van der Waals surface area contributed by atoms with Crippen molar-refractivity contribution in [3.63, 3.8) is 0 Å². The van der Waals surface area contributed by atoms with Gasteiger partial charge >= 0.3 is 0 Å². The molecule has 1 rings (SSSR count). The van der Waals surface area contributed by atoms with Crippen molar-refractivity contribution < 1.29 is 4.79 Å². The molecule has 3 heteroatoms. The molecule has 1 fully saturated rings. The van der Waals surface area contributed by atoms with Gasteiger partial charge in [0.05, 0.1) is 0 Å². The molecule has 1 amide bonds. The molecule has 1 atom stereocenters. The molecule has 1 saturated heterocycles. The molecular formula is C14H28N2O. The summed E-state index contributed by atoms with van der Waals surface area (Å²) >= 11 is 0. The van der Waals surface area contributed by atoms with E-state index in [1.807, 2.05) is 4.90 Å². The number of carbonyl (C=O) groups is 1. The minimum atomic E-state index is 0.334. The molecule has 0 saturated carbocycles. The van der Waals surface area contributed by atoms with Gasteiger partial charge in [-0.3, -0.25) is 4.79 Å². The van der Waals surface area contributed by atoms with E-state index in [0.29, 0.717) is 18.0 Å². The van der Waals surface area contributed by atoms with E-state index in [2.05, 4.69) is 26.1 Å². The van der Waals surface area contributed by atoms with Gasteiger partial charge in [0.25, 0.3) is 0 Å². The van der Waals surface area contributed by atoms with E-state index in [1.54, 1.807) is 0 Å². The molecule has 0 bridgehead atoms. The van der Waals surface area contributed by atoms with Crippen LogP contribution in [0.15, 0.2) is 0 Å². The van der Waals surface area contributed by atoms with Crippen LogP contribution in [0.3, 0.4) is 0 Å². The standard InChI is InChI=1S/C14H28N2O/c1-4-7-13(8-5-2)15-12(3)11-16-10-6-9-14(16)17/h12-13,15H,4-11H2,1-3H3. The molecule has 0 aromatic heterocycles. The summed E-state index contributed by atoms with van der Waals surface area (Å²) in [4.78, 5) is 13.6. The first-order valence-electron chi connectivity index (χ1n) is 7.21. The second-order valence-corrected chi connectivity index (χ2v) is 5.29. The molecule has 0 spiro atoms. The molecule has 1 N–H and O–H groups in total. The topological polar surface area (TPSA) is 32.3 Å². The maximum Gasteiger partial charge on any atom is 0.222 e. The van der Waals surface area contributed by atoms with Crippen LogP contribution in [-0.2, 0) is 4.79 Å². The molecule has 3 nitrogen and oxygen atoms in total. The summed E-state index contributed by atoms with van der Waals surface area (Å²) < 4.78 is 0. The number of hydrogen-bond acceptors (Lipinski definition) is 2. The van der Waals surface area contributed by atoms with Crippen molar-refractivity contribution in [2.24, 2.45) is 0 Å². The number of hydrogen-bond donors (Lipinski definition) is 1. The van der Waals surface area contributed by atoms with Gasteiger partial charge in [-0.2, -0.15) is 0 Å². The Morgan fingerprint density at radius 1 is 1.29 bits per heavy atom. The Bertz CT molecular complexity index is 224. The lowest BCUT2D eigenvalue weighted by Crippen LogP contribution is -2.44. The quantitative estimate of drug-likeness (QED) is 0.707. The zero-order chi connectivity index (χ0) is 12.7. The van der Waals surface area contributed by atoms with Crippen LogP contribution in [0.4, 0.5) is 0 Å². The molecule has 100 valence electrons. The minimum absolute atomic E-state index is 0.334. The second-order valence-electron chi connectivity index (χ2n) is 5.29. The van der Waals surface area contributed by atoms with Crippen LogP contribution in [0.2, 0.25) is 0 Å². The predicted octanol–water partition coefficient (Wildman–Crippen LogP) is 2.56. The smallest absolute Gasteiger partial charge is 0.222 e. The SMILES string of the molecule is CCCC(CCC)NC(C)CN1CCCC1=O. The maximum atomic E-state index is 11.5. The highest BCUT2D eigenvalue weighted by Crippen LogP contribution is 2.11. The van der Waals surface area contributed by atoms with Crippen molar-refractivity contribution in [2.75, 3.05) is 13.1 Å². The molecule has 0 aromatic carbocycles. The highest BCUT2D eigenvalue weighted by Gasteiger charge is 2.22. The molecule has 17 heavy (non-hydrogen) atoms. The molecule has 0 radical (unpaired) electrons. The van der Waals surface area contributed by atoms with E-state index in [9.17, 15) is 4.79 Å². The van der Waals surface area contributed by atoms with Crippen molar-refractivity contribution in [1.29, 1.82) is 0 Å². The monoisotopic (exact) mass is 240 g/mol. The third kappa shape index (κ3) is 5.07. The van der Waals surface area contributed by atoms with Gasteiger partial charge in [-0.1, -0.05) is 26.7 Å². The van der Waals surface area contributed by atoms with E-state index in [-0.39, 0.29) is 0 Å². The van der Waals surface area contributed by atoms with Gasteiger partial charge in [-0.05, 0) is 26.2 Å². The van der Waals surface area contributed by atoms with Crippen LogP contribution in [0.1, 0.15) is 59.3 Å². The van der Waals surface area contributed by atoms with Gasteiger partial charge < -0.3 is 10.2 Å². The third-order valence-corrected chi connectivity index (χ3v) is 3.46. The molecule has 1 unspecified atom stereocenters. The zero-order valence-electron chi connectivity index (χ0n) is 11.7. The number of carbonyl (C=O) groups excluding carboxylic acids is 1. The zero-order valence-corrected chi connectivity index (χ0v) is 11.7. The molecular weight excluding hydrogens is 212 g/mol. The van der Waals surface area contributed by atoms with E-state index in [1.165, 1.54) is 25.7 Å². The minimum Gasteiger partial charge on any atom is -0.341 e. The van der Waals surface area contributed by atoms with Gasteiger partial charge in [-0.15, -0.1) is 0 Å². The summed E-state index contributed by atoms with van der Waals surface area (Å²) in [5.74, 6) is 0.334. The Hall–Kier alpha value is -0.570. The average Bonchev–Trinajstić information content (AvgIpc) is 2.65. The molecule has 1 heterocycles. The summed E-state index contributed by atoms with van der Waals surface area (Å²) in [6.45, 7) is 8.50. The normalized spacial score (nSPS) is 18.1. The fourth-order valence-corrected chi connectivity index (χ4v) is 2.69. The number of nitrogens with one attached hydrogen (secondary N) is 1. The second kappa shape index (κ2) is 7.70. The van der Waals surface area contributed by atoms with Gasteiger partial charge in [0, 0.05) is 31.6 Å². The first-order chi connectivity index (χ1) is 8.17. The predicted molar refractivity (Wildman–Crippen MR) is 72.0 cm³/mol. The van der Waals surface area contributed by atoms with Crippen LogP contribution in [0.5, 0.6) is 0 Å². The van der Waals surface area contributed by atoms with Gasteiger partial charge in [-0.25, -0.2) is 0 Å². The van der Waals surface area contributed by atoms with E-state index in [0.717, 1.165) is 25.9 Å². The van der Waals surface area contributed by atoms with Crippen molar-refractivity contribution >= 4 is 5.91 Å². The Morgan fingerprint density at radius 2 is 1.94 bits per heavy atom. The third-order valence-electron chi connectivity index (χ3n) is 3.46. The van der Waals surface area contributed by atoms with Crippen molar-refractivity contribution in [2.45, 2.75) is 71.4 Å². The lowest BCUT2D eigenvalue weighted by Gasteiger charge is -2.26. The first-order valence-corrected chi connectivity index (χ1v) is 7.21. The lowest BCUT2D eigenvalue weighted by atomic mass is 10.1. The molecule has 0 aliphatic carbocycles. The van der Waals surface area contributed by atoms with Crippen molar-refractivity contribution in [3.8, 4) is 0 Å². The Balaban J connectivity index is 2.30. The lowest BCUT2D eigenvalue weighted by molar-refractivity contribution is -0.128. The van der Waals surface area contributed by atoms with Crippen LogP contribution in [0.25, 0.3) is 0 Å². The summed E-state index contributed by atoms with van der Waals surface area (Å²) in [5, 5.41) is 3.67. The fraction of sp³-hybridized carbons (Fsp3) is 0.929. The van der Waals surface area contributed by atoms with Crippen LogP contribution in [-0.4, -0.2) is 36.0 Å². The summed E-state index contributed by atoms with van der Waals surface area (Å²) in [7, 11) is 0. The molecule has 1 aliphatic rings. The van der Waals surface area contributed by atoms with Crippen LogP contribution in [0, 0.1) is 0 Å². The number of rotatable bonds is 8. The van der Waals surface area contributed by atoms with Gasteiger partial charge in [0.15, 0.2) is 0 Å². The first kappa shape index (κ1) is 14.5. The van der Waals surface area contributed by atoms with Crippen LogP contribution < -0.4 is 5.32 Å². The Kier molecular flexibility index (Phi) is 6.56. The van der Waals surface area contributed by atoms with Crippen molar-refractivity contribution in [1.82, 2.24) is 10.2 Å². The van der Waals surface area contributed by atoms with Crippen molar-refractivity contribution in [3.05, 3.63) is 0 Å². The summed E-state index contributed by atoms with van der Waals surface area (Å²) in [6.07, 6.45) is 6.73. The van der Waals surface area contributed by atoms with Gasteiger partial charge in [0.2, 0.25) is 5.91 Å². The van der Waals surface area contributed by atoms with Gasteiger partial charge in [0.1, 0.15) is 0 Å². The maximum absolute atomic E-state index is 11.5. The molecule has 1 aliphatic heterocycles. The number of nitrogens with zero attached hydrogens (tertiary/aromatic N) is 1. The summed E-state index contributed by atoms with van der Waals surface area (Å²) in [5.41, 5.74) is 0.